The largest absolute Gasteiger partial charge is 0.468 e. The van der Waals surface area contributed by atoms with Crippen LogP contribution in [0.25, 0.3) is 0 Å². The predicted octanol–water partition coefficient (Wildman–Crippen LogP) is 2.19. The molecule has 2 heterocycles. The Hall–Kier alpha value is -1.36. The molecular weight excluding hydrogens is 214 g/mol. The molecule has 0 aliphatic heterocycles. The molecule has 0 aliphatic carbocycles. The Balaban J connectivity index is 2.14. The lowest BCUT2D eigenvalue weighted by Crippen LogP contribution is -1.96. The van der Waals surface area contributed by atoms with E-state index in [1.165, 1.54) is 6.26 Å². The maximum atomic E-state index is 11.9. The molecule has 1 atom stereocenters. The quantitative estimate of drug-likeness (QED) is 0.803. The molecule has 0 bridgehead atoms. The Morgan fingerprint density at radius 1 is 1.47 bits per heavy atom. The fourth-order valence-electron chi connectivity index (χ4n) is 1.31. The van der Waals surface area contributed by atoms with Gasteiger partial charge in [-0.05, 0) is 19.9 Å². The third kappa shape index (κ3) is 2.18. The molecular formula is C10H11NO3S. The van der Waals surface area contributed by atoms with E-state index in [9.17, 15) is 4.21 Å². The van der Waals surface area contributed by atoms with Gasteiger partial charge in [0.25, 0.3) is 0 Å². The van der Waals surface area contributed by atoms with Gasteiger partial charge in [0.05, 0.1) is 33.4 Å². The smallest absolute Gasteiger partial charge is 0.133 e. The molecule has 0 radical (unpaired) electrons. The zero-order valence-corrected chi connectivity index (χ0v) is 9.34. The monoisotopic (exact) mass is 225 g/mol. The first-order valence-corrected chi connectivity index (χ1v) is 5.83. The van der Waals surface area contributed by atoms with Gasteiger partial charge >= 0.3 is 0 Å². The molecule has 0 saturated heterocycles. The second-order valence-corrected chi connectivity index (χ2v) is 4.68. The number of hydrogen-bond donors (Lipinski definition) is 0. The molecule has 0 fully saturated rings. The summed E-state index contributed by atoms with van der Waals surface area (Å²) in [6.45, 7) is 3.60. The standard InChI is InChI=1S/C10H11NO3S/c1-7-5-9(11-14-7)6-15(12)10-3-4-13-8(10)2/h3-5H,6H2,1-2H3/t15-/m1/s1. The van der Waals surface area contributed by atoms with Crippen LogP contribution in [-0.2, 0) is 16.6 Å². The van der Waals surface area contributed by atoms with Gasteiger partial charge < -0.3 is 8.94 Å². The van der Waals surface area contributed by atoms with Crippen molar-refractivity contribution in [1.82, 2.24) is 5.16 Å². The Morgan fingerprint density at radius 2 is 2.27 bits per heavy atom. The van der Waals surface area contributed by atoms with Gasteiger partial charge in [0.15, 0.2) is 0 Å². The Labute approximate surface area is 89.7 Å². The van der Waals surface area contributed by atoms with Crippen molar-refractivity contribution < 1.29 is 13.1 Å². The van der Waals surface area contributed by atoms with Crippen molar-refractivity contribution in [2.75, 3.05) is 0 Å². The molecule has 2 rings (SSSR count). The molecule has 0 saturated carbocycles. The maximum absolute atomic E-state index is 11.9. The van der Waals surface area contributed by atoms with Gasteiger partial charge in [0.1, 0.15) is 11.5 Å². The second kappa shape index (κ2) is 4.02. The molecule has 80 valence electrons. The van der Waals surface area contributed by atoms with Gasteiger partial charge in [-0.25, -0.2) is 0 Å². The highest BCUT2D eigenvalue weighted by Gasteiger charge is 2.12. The fraction of sp³-hybridized carbons (Fsp3) is 0.300. The van der Waals surface area contributed by atoms with Crippen molar-refractivity contribution in [3.63, 3.8) is 0 Å². The molecule has 15 heavy (non-hydrogen) atoms. The number of aryl methyl sites for hydroxylation is 2. The van der Waals surface area contributed by atoms with Crippen LogP contribution in [0.1, 0.15) is 17.2 Å². The van der Waals surface area contributed by atoms with Crippen molar-refractivity contribution in [3.8, 4) is 0 Å². The van der Waals surface area contributed by atoms with E-state index in [1.54, 1.807) is 19.1 Å². The van der Waals surface area contributed by atoms with Crippen LogP contribution >= 0.6 is 0 Å². The SMILES string of the molecule is Cc1cc(C[S@@](=O)c2ccoc2C)no1. The lowest BCUT2D eigenvalue weighted by atomic mass is 10.4. The van der Waals surface area contributed by atoms with E-state index in [4.69, 9.17) is 8.94 Å². The summed E-state index contributed by atoms with van der Waals surface area (Å²) in [5, 5.41) is 3.80. The van der Waals surface area contributed by atoms with Crippen LogP contribution in [0, 0.1) is 13.8 Å². The van der Waals surface area contributed by atoms with Crippen molar-refractivity contribution in [1.29, 1.82) is 0 Å². The summed E-state index contributed by atoms with van der Waals surface area (Å²) in [4.78, 5) is 0.718. The van der Waals surface area contributed by atoms with Gasteiger partial charge in [-0.15, -0.1) is 0 Å². The van der Waals surface area contributed by atoms with E-state index >= 15 is 0 Å². The zero-order valence-electron chi connectivity index (χ0n) is 8.52. The maximum Gasteiger partial charge on any atom is 0.133 e. The molecule has 0 N–H and O–H groups in total. The molecule has 0 amide bonds. The lowest BCUT2D eigenvalue weighted by Gasteiger charge is -1.96. The van der Waals surface area contributed by atoms with E-state index in [0.717, 1.165) is 10.7 Å². The van der Waals surface area contributed by atoms with Gasteiger partial charge in [-0.1, -0.05) is 5.16 Å². The Morgan fingerprint density at radius 3 is 2.80 bits per heavy atom. The van der Waals surface area contributed by atoms with Crippen molar-refractivity contribution >= 4 is 10.8 Å². The van der Waals surface area contributed by atoms with Gasteiger partial charge in [0, 0.05) is 6.07 Å². The van der Waals surface area contributed by atoms with Crippen LogP contribution in [0.5, 0.6) is 0 Å². The van der Waals surface area contributed by atoms with E-state index < -0.39 is 10.8 Å². The van der Waals surface area contributed by atoms with Gasteiger partial charge in [-0.2, -0.15) is 0 Å². The summed E-state index contributed by atoms with van der Waals surface area (Å²) in [5.74, 6) is 1.78. The first-order valence-electron chi connectivity index (χ1n) is 4.51. The van der Waals surface area contributed by atoms with Crippen LogP contribution in [0.2, 0.25) is 0 Å². The third-order valence-electron chi connectivity index (χ3n) is 2.01. The van der Waals surface area contributed by atoms with E-state index in [0.29, 0.717) is 17.2 Å². The average molecular weight is 225 g/mol. The Bertz CT molecular complexity index is 486. The molecule has 0 unspecified atom stereocenters. The molecule has 0 aromatic carbocycles. The third-order valence-corrected chi connectivity index (χ3v) is 3.48. The van der Waals surface area contributed by atoms with Crippen LogP contribution < -0.4 is 0 Å². The predicted molar refractivity (Wildman–Crippen MR) is 54.8 cm³/mol. The number of furan rings is 1. The molecule has 2 aromatic rings. The average Bonchev–Trinajstić information content (AvgIpc) is 2.75. The second-order valence-electron chi connectivity index (χ2n) is 3.26. The van der Waals surface area contributed by atoms with E-state index in [1.807, 2.05) is 6.92 Å². The number of nitrogens with zero attached hydrogens (tertiary/aromatic N) is 1. The van der Waals surface area contributed by atoms with Gasteiger partial charge in [-0.3, -0.25) is 4.21 Å². The summed E-state index contributed by atoms with van der Waals surface area (Å²) < 4.78 is 21.9. The van der Waals surface area contributed by atoms with Gasteiger partial charge in [0.2, 0.25) is 0 Å². The number of rotatable bonds is 3. The van der Waals surface area contributed by atoms with Crippen LogP contribution in [0.4, 0.5) is 0 Å². The normalized spacial score (nSPS) is 12.9. The summed E-state index contributed by atoms with van der Waals surface area (Å²) in [7, 11) is -1.12. The van der Waals surface area contributed by atoms with Crippen LogP contribution in [-0.4, -0.2) is 9.37 Å². The molecule has 5 heteroatoms. The molecule has 2 aromatic heterocycles. The minimum absolute atomic E-state index is 0.359. The van der Waals surface area contributed by atoms with E-state index in [2.05, 4.69) is 5.16 Å². The van der Waals surface area contributed by atoms with Crippen LogP contribution in [0.15, 0.2) is 32.2 Å². The summed E-state index contributed by atoms with van der Waals surface area (Å²) in [6.07, 6.45) is 1.54. The highest BCUT2D eigenvalue weighted by molar-refractivity contribution is 7.84. The van der Waals surface area contributed by atoms with Crippen molar-refractivity contribution in [2.24, 2.45) is 0 Å². The molecule has 0 aliphatic rings. The summed E-state index contributed by atoms with van der Waals surface area (Å²) in [5.41, 5.74) is 0.700. The lowest BCUT2D eigenvalue weighted by molar-refractivity contribution is 0.392. The first kappa shape index (κ1) is 10.2. The van der Waals surface area contributed by atoms with E-state index in [-0.39, 0.29) is 0 Å². The first-order chi connectivity index (χ1) is 7.16. The Kier molecular flexibility index (Phi) is 2.73. The highest BCUT2D eigenvalue weighted by Crippen LogP contribution is 2.17. The zero-order chi connectivity index (χ0) is 10.8. The minimum atomic E-state index is -1.12. The summed E-state index contributed by atoms with van der Waals surface area (Å²) >= 11 is 0. The van der Waals surface area contributed by atoms with Crippen molar-refractivity contribution in [3.05, 3.63) is 35.6 Å². The molecule has 4 nitrogen and oxygen atoms in total. The number of aromatic nitrogens is 1. The highest BCUT2D eigenvalue weighted by atomic mass is 32.2. The minimum Gasteiger partial charge on any atom is -0.468 e. The van der Waals surface area contributed by atoms with Crippen molar-refractivity contribution in [2.45, 2.75) is 24.5 Å². The van der Waals surface area contributed by atoms with Crippen LogP contribution in [0.3, 0.4) is 0 Å². The topological polar surface area (TPSA) is 56.2 Å². The summed E-state index contributed by atoms with van der Waals surface area (Å²) in [6, 6.07) is 3.51. The fourth-order valence-corrected chi connectivity index (χ4v) is 2.44. The molecule has 0 spiro atoms. The number of hydrogen-bond acceptors (Lipinski definition) is 4.